The summed E-state index contributed by atoms with van der Waals surface area (Å²) < 4.78 is 1.71. The van der Waals surface area contributed by atoms with Crippen molar-refractivity contribution in [2.45, 2.75) is 19.4 Å². The fourth-order valence-electron chi connectivity index (χ4n) is 3.23. The number of H-pyrrole nitrogens is 1. The highest BCUT2D eigenvalue weighted by Gasteiger charge is 2.22. The smallest absolute Gasteiger partial charge is 0.277 e. The first-order valence-electron chi connectivity index (χ1n) is 7.86. The third-order valence-corrected chi connectivity index (χ3v) is 4.34. The standard InChI is InChI=1S/C16H18N6O/c23-15-14-13(4-7-17-14)20-11-22(15)10-12-3-1-8-21(9-12)16-18-5-2-6-19-16/h2,4-7,11-12,17H,1,3,8-10H2. The fraction of sp³-hybridized carbons (Fsp3) is 0.375. The first-order valence-corrected chi connectivity index (χ1v) is 7.86. The molecule has 4 heterocycles. The molecule has 0 radical (unpaired) electrons. The van der Waals surface area contributed by atoms with E-state index in [1.54, 1.807) is 29.5 Å². The molecule has 1 aliphatic rings. The van der Waals surface area contributed by atoms with Crippen LogP contribution in [0.4, 0.5) is 5.95 Å². The maximum absolute atomic E-state index is 12.5. The van der Waals surface area contributed by atoms with Crippen molar-refractivity contribution in [1.82, 2.24) is 24.5 Å². The lowest BCUT2D eigenvalue weighted by Gasteiger charge is -2.32. The second-order valence-corrected chi connectivity index (χ2v) is 5.94. The normalized spacial score (nSPS) is 18.4. The van der Waals surface area contributed by atoms with Gasteiger partial charge in [-0.2, -0.15) is 0 Å². The molecule has 3 aromatic heterocycles. The molecular formula is C16H18N6O. The third-order valence-electron chi connectivity index (χ3n) is 4.34. The number of rotatable bonds is 3. The molecule has 0 spiro atoms. The van der Waals surface area contributed by atoms with E-state index in [4.69, 9.17) is 0 Å². The Labute approximate surface area is 133 Å². The summed E-state index contributed by atoms with van der Waals surface area (Å²) in [5.74, 6) is 1.15. The van der Waals surface area contributed by atoms with Gasteiger partial charge in [0.2, 0.25) is 5.95 Å². The first kappa shape index (κ1) is 13.9. The largest absolute Gasteiger partial charge is 0.355 e. The molecule has 1 saturated heterocycles. The summed E-state index contributed by atoms with van der Waals surface area (Å²) in [7, 11) is 0. The number of aromatic amines is 1. The van der Waals surface area contributed by atoms with Gasteiger partial charge >= 0.3 is 0 Å². The van der Waals surface area contributed by atoms with Crippen LogP contribution in [-0.4, -0.2) is 37.6 Å². The molecule has 1 aliphatic heterocycles. The Balaban J connectivity index is 1.53. The van der Waals surface area contributed by atoms with Crippen LogP contribution in [0.2, 0.25) is 0 Å². The van der Waals surface area contributed by atoms with Gasteiger partial charge in [-0.05, 0) is 30.9 Å². The van der Waals surface area contributed by atoms with Gasteiger partial charge < -0.3 is 9.88 Å². The van der Waals surface area contributed by atoms with E-state index in [-0.39, 0.29) is 5.56 Å². The average Bonchev–Trinajstić information content (AvgIpc) is 3.08. The van der Waals surface area contributed by atoms with E-state index >= 15 is 0 Å². The molecule has 0 amide bonds. The fourth-order valence-corrected chi connectivity index (χ4v) is 3.23. The molecule has 118 valence electrons. The number of hydrogen-bond donors (Lipinski definition) is 1. The van der Waals surface area contributed by atoms with Crippen LogP contribution in [0.1, 0.15) is 12.8 Å². The summed E-state index contributed by atoms with van der Waals surface area (Å²) in [4.78, 5) is 30.6. The van der Waals surface area contributed by atoms with Gasteiger partial charge in [0.1, 0.15) is 5.52 Å². The minimum absolute atomic E-state index is 0.00640. The van der Waals surface area contributed by atoms with Crippen LogP contribution in [0, 0.1) is 5.92 Å². The molecule has 23 heavy (non-hydrogen) atoms. The Morgan fingerprint density at radius 2 is 2.13 bits per heavy atom. The van der Waals surface area contributed by atoms with Gasteiger partial charge in [0.15, 0.2) is 0 Å². The Kier molecular flexibility index (Phi) is 3.53. The lowest BCUT2D eigenvalue weighted by molar-refractivity contribution is 0.359. The molecule has 7 nitrogen and oxygen atoms in total. The summed E-state index contributed by atoms with van der Waals surface area (Å²) in [6.07, 6.45) is 9.10. The summed E-state index contributed by atoms with van der Waals surface area (Å²) in [5, 5.41) is 0. The van der Waals surface area contributed by atoms with Crippen molar-refractivity contribution in [3.63, 3.8) is 0 Å². The highest BCUT2D eigenvalue weighted by Crippen LogP contribution is 2.21. The Morgan fingerprint density at radius 3 is 3.00 bits per heavy atom. The van der Waals surface area contributed by atoms with Crippen LogP contribution >= 0.6 is 0 Å². The number of piperidine rings is 1. The van der Waals surface area contributed by atoms with Gasteiger partial charge in [-0.1, -0.05) is 0 Å². The van der Waals surface area contributed by atoms with E-state index < -0.39 is 0 Å². The van der Waals surface area contributed by atoms with Crippen molar-refractivity contribution in [1.29, 1.82) is 0 Å². The summed E-state index contributed by atoms with van der Waals surface area (Å²) in [6, 6.07) is 3.64. The number of aromatic nitrogens is 5. The lowest BCUT2D eigenvalue weighted by atomic mass is 9.98. The van der Waals surface area contributed by atoms with Crippen LogP contribution in [0.15, 0.2) is 41.8 Å². The van der Waals surface area contributed by atoms with Gasteiger partial charge in [-0.25, -0.2) is 15.0 Å². The molecule has 3 aromatic rings. The maximum atomic E-state index is 12.5. The predicted octanol–water partition coefficient (Wildman–Crippen LogP) is 1.43. The van der Waals surface area contributed by atoms with E-state index in [0.717, 1.165) is 31.9 Å². The van der Waals surface area contributed by atoms with Crippen molar-refractivity contribution in [2.24, 2.45) is 5.92 Å². The summed E-state index contributed by atoms with van der Waals surface area (Å²) >= 11 is 0. The Bertz CT molecular complexity index is 856. The molecule has 0 bridgehead atoms. The summed E-state index contributed by atoms with van der Waals surface area (Å²) in [6.45, 7) is 2.49. The van der Waals surface area contributed by atoms with Crippen LogP contribution in [-0.2, 0) is 6.54 Å². The summed E-state index contributed by atoms with van der Waals surface area (Å²) in [5.41, 5.74) is 1.29. The second kappa shape index (κ2) is 5.83. The first-order chi connectivity index (χ1) is 11.3. The topological polar surface area (TPSA) is 79.7 Å². The number of nitrogens with one attached hydrogen (secondary N) is 1. The minimum atomic E-state index is -0.00640. The molecule has 1 unspecified atom stereocenters. The van der Waals surface area contributed by atoms with Crippen LogP contribution in [0.25, 0.3) is 11.0 Å². The number of anilines is 1. The van der Waals surface area contributed by atoms with Crippen LogP contribution in [0.5, 0.6) is 0 Å². The van der Waals surface area contributed by atoms with Crippen LogP contribution < -0.4 is 10.5 Å². The Hall–Kier alpha value is -2.70. The van der Waals surface area contributed by atoms with Gasteiger partial charge in [0, 0.05) is 38.2 Å². The van der Waals surface area contributed by atoms with Gasteiger partial charge in [0.05, 0.1) is 11.8 Å². The van der Waals surface area contributed by atoms with Crippen molar-refractivity contribution in [3.8, 4) is 0 Å². The van der Waals surface area contributed by atoms with Crippen molar-refractivity contribution in [3.05, 3.63) is 47.4 Å². The van der Waals surface area contributed by atoms with Gasteiger partial charge in [-0.3, -0.25) is 9.36 Å². The zero-order chi connectivity index (χ0) is 15.6. The van der Waals surface area contributed by atoms with E-state index in [0.29, 0.717) is 23.5 Å². The van der Waals surface area contributed by atoms with Gasteiger partial charge in [0.25, 0.3) is 5.56 Å². The van der Waals surface area contributed by atoms with Crippen LogP contribution in [0.3, 0.4) is 0 Å². The third kappa shape index (κ3) is 2.69. The van der Waals surface area contributed by atoms with E-state index in [9.17, 15) is 4.79 Å². The highest BCUT2D eigenvalue weighted by atomic mass is 16.1. The monoisotopic (exact) mass is 310 g/mol. The lowest BCUT2D eigenvalue weighted by Crippen LogP contribution is -2.39. The minimum Gasteiger partial charge on any atom is -0.355 e. The molecule has 0 aromatic carbocycles. The molecule has 1 fully saturated rings. The van der Waals surface area contributed by atoms with Gasteiger partial charge in [-0.15, -0.1) is 0 Å². The van der Waals surface area contributed by atoms with Crippen molar-refractivity contribution < 1.29 is 0 Å². The van der Waals surface area contributed by atoms with E-state index in [1.807, 2.05) is 12.1 Å². The molecule has 1 atom stereocenters. The predicted molar refractivity (Wildman–Crippen MR) is 87.3 cm³/mol. The Morgan fingerprint density at radius 1 is 1.26 bits per heavy atom. The van der Waals surface area contributed by atoms with E-state index in [2.05, 4.69) is 24.8 Å². The average molecular weight is 310 g/mol. The van der Waals surface area contributed by atoms with E-state index in [1.165, 1.54) is 0 Å². The highest BCUT2D eigenvalue weighted by molar-refractivity contribution is 5.73. The molecular weight excluding hydrogens is 292 g/mol. The number of fused-ring (bicyclic) bond motifs is 1. The maximum Gasteiger partial charge on any atom is 0.277 e. The molecule has 7 heteroatoms. The molecule has 4 rings (SSSR count). The zero-order valence-corrected chi connectivity index (χ0v) is 12.7. The quantitative estimate of drug-likeness (QED) is 0.791. The molecule has 0 saturated carbocycles. The number of hydrogen-bond acceptors (Lipinski definition) is 5. The van der Waals surface area contributed by atoms with Crippen molar-refractivity contribution in [2.75, 3.05) is 18.0 Å². The SMILES string of the molecule is O=c1c2[nH]ccc2ncn1CC1CCCN(c2ncccn2)C1. The molecule has 1 N–H and O–H groups in total. The molecule has 0 aliphatic carbocycles. The number of nitrogens with zero attached hydrogens (tertiary/aromatic N) is 5. The second-order valence-electron chi connectivity index (χ2n) is 5.94. The zero-order valence-electron chi connectivity index (χ0n) is 12.7. The van der Waals surface area contributed by atoms with Crippen molar-refractivity contribution >= 4 is 17.0 Å².